The fourth-order valence-electron chi connectivity index (χ4n) is 2.77. The van der Waals surface area contributed by atoms with Crippen molar-refractivity contribution < 1.29 is 19.1 Å². The first-order chi connectivity index (χ1) is 11.9. The Balaban J connectivity index is 2.68. The van der Waals surface area contributed by atoms with Crippen molar-refractivity contribution in [2.24, 2.45) is 0 Å². The Bertz CT molecular complexity index is 564. The van der Waals surface area contributed by atoms with Crippen molar-refractivity contribution in [1.82, 2.24) is 15.5 Å². The lowest BCUT2D eigenvalue weighted by Crippen LogP contribution is -2.49. The van der Waals surface area contributed by atoms with Gasteiger partial charge in [-0.05, 0) is 61.3 Å². The Morgan fingerprint density at radius 1 is 1.15 bits per heavy atom. The van der Waals surface area contributed by atoms with Crippen molar-refractivity contribution in [2.45, 2.75) is 85.0 Å². The first kappa shape index (κ1) is 22.0. The Morgan fingerprint density at radius 2 is 1.77 bits per heavy atom. The van der Waals surface area contributed by atoms with E-state index in [1.54, 1.807) is 40.7 Å². The van der Waals surface area contributed by atoms with Crippen molar-refractivity contribution >= 4 is 17.9 Å². The SMILES string of the molecule is C/C(=C\[C@H](C)NC(=O)[C@@H]1CCCN1C(=O)OC(C)(C)C)C(=O)NC(C)C. The smallest absolute Gasteiger partial charge is 0.410 e. The van der Waals surface area contributed by atoms with Crippen LogP contribution in [0.5, 0.6) is 0 Å². The van der Waals surface area contributed by atoms with Gasteiger partial charge in [0.1, 0.15) is 11.6 Å². The van der Waals surface area contributed by atoms with Gasteiger partial charge in [0.2, 0.25) is 11.8 Å². The van der Waals surface area contributed by atoms with Crippen LogP contribution in [0.4, 0.5) is 4.79 Å². The molecule has 0 bridgehead atoms. The third kappa shape index (κ3) is 7.06. The quantitative estimate of drug-likeness (QED) is 0.730. The Kier molecular flexibility index (Phi) is 7.66. The highest BCUT2D eigenvalue weighted by Gasteiger charge is 2.36. The minimum absolute atomic E-state index is 0.0524. The average molecular weight is 367 g/mol. The van der Waals surface area contributed by atoms with E-state index in [9.17, 15) is 14.4 Å². The molecule has 2 N–H and O–H groups in total. The molecular formula is C19H33N3O4. The second-order valence-electron chi connectivity index (χ2n) is 8.11. The van der Waals surface area contributed by atoms with E-state index < -0.39 is 17.7 Å². The standard InChI is InChI=1S/C19H33N3O4/c1-12(2)20-16(23)13(3)11-14(4)21-17(24)15-9-8-10-22(15)18(25)26-19(5,6)7/h11-12,14-15H,8-10H2,1-7H3,(H,20,23)(H,21,24)/b13-11+/t14-,15-/m0/s1. The number of nitrogens with one attached hydrogen (secondary N) is 2. The molecule has 0 aliphatic carbocycles. The summed E-state index contributed by atoms with van der Waals surface area (Å²) in [6.07, 6.45) is 2.61. The van der Waals surface area contributed by atoms with Gasteiger partial charge in [0.15, 0.2) is 0 Å². The molecule has 7 nitrogen and oxygen atoms in total. The van der Waals surface area contributed by atoms with Gasteiger partial charge in [-0.2, -0.15) is 0 Å². The number of carbonyl (C=O) groups excluding carboxylic acids is 3. The lowest BCUT2D eigenvalue weighted by molar-refractivity contribution is -0.126. The van der Waals surface area contributed by atoms with Crippen LogP contribution in [-0.2, 0) is 14.3 Å². The largest absolute Gasteiger partial charge is 0.444 e. The fourth-order valence-corrected chi connectivity index (χ4v) is 2.77. The van der Waals surface area contributed by atoms with Crippen molar-refractivity contribution in [3.63, 3.8) is 0 Å². The normalized spacial score (nSPS) is 19.3. The molecule has 1 saturated heterocycles. The molecule has 3 amide bonds. The molecule has 0 unspecified atom stereocenters. The van der Waals surface area contributed by atoms with E-state index in [4.69, 9.17) is 4.74 Å². The first-order valence-corrected chi connectivity index (χ1v) is 9.20. The van der Waals surface area contributed by atoms with Gasteiger partial charge in [0.25, 0.3) is 0 Å². The summed E-state index contributed by atoms with van der Waals surface area (Å²) >= 11 is 0. The predicted octanol–water partition coefficient (Wildman–Crippen LogP) is 2.36. The van der Waals surface area contributed by atoms with Gasteiger partial charge in [-0.15, -0.1) is 0 Å². The molecule has 26 heavy (non-hydrogen) atoms. The second-order valence-corrected chi connectivity index (χ2v) is 8.11. The van der Waals surface area contributed by atoms with Crippen LogP contribution in [0.2, 0.25) is 0 Å². The molecule has 2 atom stereocenters. The van der Waals surface area contributed by atoms with Gasteiger partial charge in [-0.3, -0.25) is 14.5 Å². The Morgan fingerprint density at radius 3 is 2.31 bits per heavy atom. The molecule has 0 radical (unpaired) electrons. The highest BCUT2D eigenvalue weighted by atomic mass is 16.6. The molecule has 0 aromatic carbocycles. The minimum Gasteiger partial charge on any atom is -0.444 e. The molecule has 1 fully saturated rings. The third-order valence-corrected chi connectivity index (χ3v) is 3.83. The summed E-state index contributed by atoms with van der Waals surface area (Å²) in [4.78, 5) is 38.3. The highest BCUT2D eigenvalue weighted by Crippen LogP contribution is 2.21. The van der Waals surface area contributed by atoms with Crippen molar-refractivity contribution in [1.29, 1.82) is 0 Å². The summed E-state index contributed by atoms with van der Waals surface area (Å²) in [5.41, 5.74) is -0.0561. The monoisotopic (exact) mass is 367 g/mol. The van der Waals surface area contributed by atoms with Gasteiger partial charge in [0, 0.05) is 24.2 Å². The van der Waals surface area contributed by atoms with E-state index in [0.29, 0.717) is 18.5 Å². The number of hydrogen-bond acceptors (Lipinski definition) is 4. The van der Waals surface area contributed by atoms with Crippen molar-refractivity contribution in [3.8, 4) is 0 Å². The van der Waals surface area contributed by atoms with E-state index in [1.807, 2.05) is 13.8 Å². The predicted molar refractivity (Wildman–Crippen MR) is 101 cm³/mol. The van der Waals surface area contributed by atoms with Crippen LogP contribution >= 0.6 is 0 Å². The molecular weight excluding hydrogens is 334 g/mol. The van der Waals surface area contributed by atoms with Crippen LogP contribution in [0, 0.1) is 0 Å². The van der Waals surface area contributed by atoms with Crippen LogP contribution in [0.15, 0.2) is 11.6 Å². The van der Waals surface area contributed by atoms with Crippen LogP contribution in [0.3, 0.4) is 0 Å². The lowest BCUT2D eigenvalue weighted by atomic mass is 10.1. The number of amides is 3. The van der Waals surface area contributed by atoms with Gasteiger partial charge < -0.3 is 15.4 Å². The number of hydrogen-bond donors (Lipinski definition) is 2. The molecule has 148 valence electrons. The first-order valence-electron chi connectivity index (χ1n) is 9.20. The molecule has 1 aliphatic rings. The van der Waals surface area contributed by atoms with E-state index in [1.165, 1.54) is 4.90 Å². The Labute approximate surface area is 156 Å². The number of likely N-dealkylation sites (tertiary alicyclic amines) is 1. The van der Waals surface area contributed by atoms with E-state index in [2.05, 4.69) is 10.6 Å². The number of rotatable bonds is 5. The van der Waals surface area contributed by atoms with Gasteiger partial charge in [-0.1, -0.05) is 6.08 Å². The highest BCUT2D eigenvalue weighted by molar-refractivity contribution is 5.93. The summed E-state index contributed by atoms with van der Waals surface area (Å²) < 4.78 is 5.38. The van der Waals surface area contributed by atoms with Crippen LogP contribution < -0.4 is 10.6 Å². The van der Waals surface area contributed by atoms with E-state index in [0.717, 1.165) is 6.42 Å². The summed E-state index contributed by atoms with van der Waals surface area (Å²) in [7, 11) is 0. The zero-order valence-corrected chi connectivity index (χ0v) is 17.0. The van der Waals surface area contributed by atoms with Crippen LogP contribution in [-0.4, -0.2) is 53.1 Å². The average Bonchev–Trinajstić information content (AvgIpc) is 2.93. The summed E-state index contributed by atoms with van der Waals surface area (Å²) in [5, 5.41) is 5.67. The summed E-state index contributed by atoms with van der Waals surface area (Å²) in [5.74, 6) is -0.383. The molecule has 0 saturated carbocycles. The zero-order valence-electron chi connectivity index (χ0n) is 17.0. The van der Waals surface area contributed by atoms with Crippen LogP contribution in [0.1, 0.15) is 61.3 Å². The molecule has 0 aromatic heterocycles. The molecule has 7 heteroatoms. The number of nitrogens with zero attached hydrogens (tertiary/aromatic N) is 1. The molecule has 0 spiro atoms. The summed E-state index contributed by atoms with van der Waals surface area (Å²) in [6.45, 7) is 13.2. The van der Waals surface area contributed by atoms with Crippen molar-refractivity contribution in [3.05, 3.63) is 11.6 Å². The Hall–Kier alpha value is -2.05. The number of carbonyl (C=O) groups is 3. The second kappa shape index (κ2) is 9.05. The summed E-state index contributed by atoms with van der Waals surface area (Å²) in [6, 6.07) is -0.802. The maximum absolute atomic E-state index is 12.6. The van der Waals surface area contributed by atoms with E-state index >= 15 is 0 Å². The lowest BCUT2D eigenvalue weighted by Gasteiger charge is -2.28. The van der Waals surface area contributed by atoms with Gasteiger partial charge in [-0.25, -0.2) is 4.79 Å². The molecule has 0 aromatic rings. The third-order valence-electron chi connectivity index (χ3n) is 3.83. The van der Waals surface area contributed by atoms with Crippen LogP contribution in [0.25, 0.3) is 0 Å². The van der Waals surface area contributed by atoms with Crippen molar-refractivity contribution in [2.75, 3.05) is 6.54 Å². The van der Waals surface area contributed by atoms with Gasteiger partial charge in [0.05, 0.1) is 0 Å². The van der Waals surface area contributed by atoms with Gasteiger partial charge >= 0.3 is 6.09 Å². The molecule has 1 rings (SSSR count). The molecule has 1 heterocycles. The topological polar surface area (TPSA) is 87.7 Å². The fraction of sp³-hybridized carbons (Fsp3) is 0.737. The maximum atomic E-state index is 12.6. The minimum atomic E-state index is -0.600. The number of ether oxygens (including phenoxy) is 1. The molecule has 1 aliphatic heterocycles. The van der Waals surface area contributed by atoms with E-state index in [-0.39, 0.29) is 23.9 Å². The maximum Gasteiger partial charge on any atom is 0.410 e. The zero-order chi connectivity index (χ0) is 20.1.